The molecule has 0 aliphatic rings. The van der Waals surface area contributed by atoms with Crippen molar-refractivity contribution in [3.8, 4) is 11.3 Å². The smallest absolute Gasteiger partial charge is 0.291 e. The number of para-hydroxylation sites is 1. The molecular weight excluding hydrogens is 432 g/mol. The molecule has 0 radical (unpaired) electrons. The highest BCUT2D eigenvalue weighted by Crippen LogP contribution is 2.33. The average molecular weight is 449 g/mol. The van der Waals surface area contributed by atoms with Crippen molar-refractivity contribution >= 4 is 45.7 Å². The van der Waals surface area contributed by atoms with Crippen LogP contribution in [-0.2, 0) is 5.75 Å². The first-order valence-electron chi connectivity index (χ1n) is 9.41. The molecular formula is C22H16N4O3S2. The predicted molar refractivity (Wildman–Crippen MR) is 120 cm³/mol. The standard InChI is InChI=1S/C22H16N4O3S2/c1-13-25-26-22(31-13)30-11-17-16-7-2-3-8-18(16)29-20(17)21(27)24-15-6-4-5-14(9-15)19-10-23-12-28-19/h2-10,12H,11H2,1H3,(H,24,27). The Morgan fingerprint density at radius 2 is 2.06 bits per heavy atom. The SMILES string of the molecule is Cc1nnc(SCc2c(C(=O)Nc3cccc(-c4cnco4)c3)oc3ccccc23)s1. The maximum atomic E-state index is 13.1. The molecule has 0 saturated carbocycles. The van der Waals surface area contributed by atoms with Gasteiger partial charge in [0.15, 0.2) is 22.3 Å². The van der Waals surface area contributed by atoms with Crippen LogP contribution in [0.15, 0.2) is 74.3 Å². The van der Waals surface area contributed by atoms with Gasteiger partial charge in [-0.2, -0.15) is 0 Å². The molecule has 5 rings (SSSR count). The first-order chi connectivity index (χ1) is 15.2. The summed E-state index contributed by atoms with van der Waals surface area (Å²) >= 11 is 3.07. The van der Waals surface area contributed by atoms with Gasteiger partial charge < -0.3 is 14.2 Å². The molecule has 1 amide bonds. The van der Waals surface area contributed by atoms with Gasteiger partial charge in [-0.3, -0.25) is 4.79 Å². The van der Waals surface area contributed by atoms with Crippen LogP contribution in [0.25, 0.3) is 22.3 Å². The molecule has 0 aliphatic heterocycles. The maximum absolute atomic E-state index is 13.1. The Labute approximate surface area is 185 Å². The number of amides is 1. The number of carbonyl (C=O) groups excluding carboxylic acids is 1. The number of nitrogens with zero attached hydrogens (tertiary/aromatic N) is 3. The second kappa shape index (κ2) is 8.37. The van der Waals surface area contributed by atoms with Crippen molar-refractivity contribution in [2.45, 2.75) is 17.0 Å². The summed E-state index contributed by atoms with van der Waals surface area (Å²) in [5.41, 5.74) is 2.96. The predicted octanol–water partition coefficient (Wildman–Crippen LogP) is 5.79. The highest BCUT2D eigenvalue weighted by Gasteiger charge is 2.21. The van der Waals surface area contributed by atoms with Crippen LogP contribution in [0.2, 0.25) is 0 Å². The van der Waals surface area contributed by atoms with Crippen molar-refractivity contribution in [1.29, 1.82) is 0 Å². The highest BCUT2D eigenvalue weighted by molar-refractivity contribution is 8.00. The Kier molecular flexibility index (Phi) is 5.27. The van der Waals surface area contributed by atoms with Crippen LogP contribution in [0, 0.1) is 6.92 Å². The van der Waals surface area contributed by atoms with E-state index < -0.39 is 0 Å². The van der Waals surface area contributed by atoms with E-state index in [2.05, 4.69) is 20.5 Å². The number of carbonyl (C=O) groups is 1. The van der Waals surface area contributed by atoms with Gasteiger partial charge >= 0.3 is 0 Å². The lowest BCUT2D eigenvalue weighted by molar-refractivity contribution is 0.0998. The Bertz CT molecular complexity index is 1360. The molecule has 0 unspecified atom stereocenters. The van der Waals surface area contributed by atoms with Crippen molar-refractivity contribution in [3.63, 3.8) is 0 Å². The summed E-state index contributed by atoms with van der Waals surface area (Å²) in [6, 6.07) is 15.0. The lowest BCUT2D eigenvalue weighted by Gasteiger charge is -2.06. The second-order valence-corrected chi connectivity index (χ2v) is 9.09. The lowest BCUT2D eigenvalue weighted by atomic mass is 10.1. The van der Waals surface area contributed by atoms with E-state index >= 15 is 0 Å². The monoisotopic (exact) mass is 448 g/mol. The number of benzene rings is 2. The van der Waals surface area contributed by atoms with E-state index in [0.29, 0.717) is 28.5 Å². The second-order valence-electron chi connectivity index (χ2n) is 6.68. The van der Waals surface area contributed by atoms with Crippen LogP contribution in [0.5, 0.6) is 0 Å². The molecule has 2 aromatic carbocycles. The van der Waals surface area contributed by atoms with Crippen LogP contribution in [0.4, 0.5) is 5.69 Å². The van der Waals surface area contributed by atoms with Crippen LogP contribution in [-0.4, -0.2) is 21.1 Å². The first kappa shape index (κ1) is 19.5. The molecule has 7 nitrogen and oxygen atoms in total. The molecule has 0 fully saturated rings. The minimum atomic E-state index is -0.310. The minimum absolute atomic E-state index is 0.292. The molecule has 9 heteroatoms. The van der Waals surface area contributed by atoms with Gasteiger partial charge in [-0.1, -0.05) is 53.4 Å². The van der Waals surface area contributed by atoms with E-state index in [1.165, 1.54) is 29.5 Å². The number of furan rings is 1. The summed E-state index contributed by atoms with van der Waals surface area (Å²) in [6.45, 7) is 1.92. The van der Waals surface area contributed by atoms with E-state index in [0.717, 1.165) is 25.9 Å². The van der Waals surface area contributed by atoms with Crippen LogP contribution >= 0.6 is 23.1 Å². The molecule has 154 valence electrons. The Morgan fingerprint density at radius 3 is 2.87 bits per heavy atom. The number of hydrogen-bond acceptors (Lipinski definition) is 8. The first-order valence-corrected chi connectivity index (χ1v) is 11.2. The summed E-state index contributed by atoms with van der Waals surface area (Å²) in [5, 5.41) is 13.0. The van der Waals surface area contributed by atoms with Crippen LogP contribution in [0.1, 0.15) is 21.1 Å². The topological polar surface area (TPSA) is 94.1 Å². The van der Waals surface area contributed by atoms with Crippen LogP contribution < -0.4 is 5.32 Å². The molecule has 0 saturated heterocycles. The number of fused-ring (bicyclic) bond motifs is 1. The molecule has 5 aromatic rings. The van der Waals surface area contributed by atoms with Gasteiger partial charge in [-0.05, 0) is 25.1 Å². The van der Waals surface area contributed by atoms with E-state index in [9.17, 15) is 4.79 Å². The van der Waals surface area contributed by atoms with Gasteiger partial charge in [0.2, 0.25) is 0 Å². The number of anilines is 1. The number of aryl methyl sites for hydroxylation is 1. The Hall–Kier alpha value is -3.43. The van der Waals surface area contributed by atoms with Crippen molar-refractivity contribution in [2.24, 2.45) is 0 Å². The molecule has 0 aliphatic carbocycles. The summed E-state index contributed by atoms with van der Waals surface area (Å²) < 4.78 is 12.1. The molecule has 3 heterocycles. The van der Waals surface area contributed by atoms with Crippen molar-refractivity contribution in [3.05, 3.63) is 77.5 Å². The normalized spacial score (nSPS) is 11.1. The van der Waals surface area contributed by atoms with Crippen LogP contribution in [0.3, 0.4) is 0 Å². The maximum Gasteiger partial charge on any atom is 0.291 e. The van der Waals surface area contributed by atoms with Crippen molar-refractivity contribution in [1.82, 2.24) is 15.2 Å². The zero-order valence-electron chi connectivity index (χ0n) is 16.4. The highest BCUT2D eigenvalue weighted by atomic mass is 32.2. The molecule has 0 spiro atoms. The fraction of sp³-hybridized carbons (Fsp3) is 0.0909. The average Bonchev–Trinajstić information content (AvgIpc) is 3.52. The number of nitrogens with one attached hydrogen (secondary N) is 1. The van der Waals surface area contributed by atoms with Gasteiger partial charge in [0.25, 0.3) is 5.91 Å². The van der Waals surface area contributed by atoms with Crippen molar-refractivity contribution in [2.75, 3.05) is 5.32 Å². The van der Waals surface area contributed by atoms with Gasteiger partial charge in [-0.15, -0.1) is 10.2 Å². The molecule has 1 N–H and O–H groups in total. The third-order valence-corrected chi connectivity index (χ3v) is 6.59. The minimum Gasteiger partial charge on any atom is -0.451 e. The van der Waals surface area contributed by atoms with Gasteiger partial charge in [-0.25, -0.2) is 4.98 Å². The number of aromatic nitrogens is 3. The fourth-order valence-electron chi connectivity index (χ4n) is 3.19. The third kappa shape index (κ3) is 4.10. The summed E-state index contributed by atoms with van der Waals surface area (Å²) in [7, 11) is 0. The Morgan fingerprint density at radius 1 is 1.16 bits per heavy atom. The summed E-state index contributed by atoms with van der Waals surface area (Å²) in [4.78, 5) is 17.1. The van der Waals surface area contributed by atoms with E-state index in [4.69, 9.17) is 8.83 Å². The van der Waals surface area contributed by atoms with E-state index in [1.54, 1.807) is 6.20 Å². The Balaban J connectivity index is 1.44. The van der Waals surface area contributed by atoms with Gasteiger partial charge in [0, 0.05) is 28.0 Å². The molecule has 0 atom stereocenters. The number of oxazole rings is 1. The van der Waals surface area contributed by atoms with Gasteiger partial charge in [0.1, 0.15) is 10.6 Å². The summed E-state index contributed by atoms with van der Waals surface area (Å²) in [6.07, 6.45) is 3.00. The largest absolute Gasteiger partial charge is 0.451 e. The quantitative estimate of drug-likeness (QED) is 0.328. The van der Waals surface area contributed by atoms with E-state index in [1.807, 2.05) is 55.5 Å². The van der Waals surface area contributed by atoms with E-state index in [-0.39, 0.29) is 5.91 Å². The fourth-order valence-corrected chi connectivity index (χ4v) is 5.04. The molecule has 3 aromatic heterocycles. The molecule has 0 bridgehead atoms. The summed E-state index contributed by atoms with van der Waals surface area (Å²) in [5.74, 6) is 1.16. The number of thioether (sulfide) groups is 1. The van der Waals surface area contributed by atoms with Crippen molar-refractivity contribution < 1.29 is 13.6 Å². The third-order valence-electron chi connectivity index (χ3n) is 4.59. The molecule has 31 heavy (non-hydrogen) atoms. The lowest BCUT2D eigenvalue weighted by Crippen LogP contribution is -2.12. The number of hydrogen-bond donors (Lipinski definition) is 1. The zero-order valence-corrected chi connectivity index (χ0v) is 18.0. The van der Waals surface area contributed by atoms with Gasteiger partial charge in [0.05, 0.1) is 6.20 Å². The number of rotatable bonds is 6. The zero-order chi connectivity index (χ0) is 21.2.